The van der Waals surface area contributed by atoms with Crippen LogP contribution in [0, 0.1) is 35.5 Å². The molecule has 21 atom stereocenters. The number of rotatable bonds is 37. The first kappa shape index (κ1) is 69.0. The summed E-state index contributed by atoms with van der Waals surface area (Å²) in [6.45, 7) is 9.80. The first-order valence-electron chi connectivity index (χ1n) is 28.0. The normalized spacial score (nSPS) is 33.4. The SMILES string of the molecule is [2H]CC(O)C(O)C1OC(OCCC(CCOC2(C(=O)O)CC(O)C(NOCC)C(C(O)C(O)CO)O2)C(CCCOC2(C(=O)O)CC(O)C(NOCC)C(C(O)C(O)CO)O2)CC(C)C(C(C)C)C(C)C)(C(=O)O)CC(O)C1NC. The van der Waals surface area contributed by atoms with E-state index in [1.165, 1.54) is 7.05 Å². The zero-order valence-electron chi connectivity index (χ0n) is 47.7. The lowest BCUT2D eigenvalue weighted by Gasteiger charge is -2.46. The molecule has 3 saturated heterocycles. The monoisotopic (exact) mass is 1150 g/mol. The molecule has 3 heterocycles. The molecular weight excluding hydrogens is 1050 g/mol. The fraction of sp³-hybridized carbons (Fsp3) is 0.941. The molecule has 3 aliphatic heterocycles. The fourth-order valence-electron chi connectivity index (χ4n) is 11.7. The zero-order chi connectivity index (χ0) is 60.4. The maximum absolute atomic E-state index is 13.2. The Labute approximate surface area is 462 Å². The lowest BCUT2D eigenvalue weighted by atomic mass is 9.70. The quantitative estimate of drug-likeness (QED) is 0.0220. The van der Waals surface area contributed by atoms with E-state index in [0.29, 0.717) is 6.42 Å². The molecule has 28 nitrogen and oxygen atoms in total. The van der Waals surface area contributed by atoms with E-state index in [9.17, 15) is 85.9 Å². The Kier molecular flexibility index (Phi) is 28.4. The van der Waals surface area contributed by atoms with E-state index < -0.39 is 191 Å². The number of likely N-dealkylation sites (N-methyl/N-ethyl adjacent to an activating group) is 1. The average molecular weight is 1150 g/mol. The molecule has 0 amide bonds. The van der Waals surface area contributed by atoms with Gasteiger partial charge in [0, 0.05) is 20.6 Å². The molecule has 0 aromatic rings. The first-order chi connectivity index (χ1) is 37.6. The second kappa shape index (κ2) is 32.6. The zero-order valence-corrected chi connectivity index (χ0v) is 46.7. The summed E-state index contributed by atoms with van der Waals surface area (Å²) in [7, 11) is 1.42. The highest BCUT2D eigenvalue weighted by molar-refractivity contribution is 5.77. The van der Waals surface area contributed by atoms with Crippen molar-refractivity contribution >= 4 is 17.9 Å². The third kappa shape index (κ3) is 18.3. The molecule has 0 aliphatic carbocycles. The maximum atomic E-state index is 13.2. The highest BCUT2D eigenvalue weighted by Gasteiger charge is 2.58. The number of hydrogen-bond acceptors (Lipinski definition) is 25. The van der Waals surface area contributed by atoms with Gasteiger partial charge in [0.25, 0.3) is 17.4 Å². The molecule has 0 bridgehead atoms. The largest absolute Gasteiger partial charge is 0.477 e. The molecular formula is C51H95N3O25. The molecule has 3 aliphatic rings. The number of carboxylic acid groups (broad SMARTS) is 3. The van der Waals surface area contributed by atoms with Crippen LogP contribution in [0.5, 0.6) is 0 Å². The number of nitrogens with one attached hydrogen (secondary N) is 3. The lowest BCUT2D eigenvalue weighted by molar-refractivity contribution is -0.319. The van der Waals surface area contributed by atoms with E-state index in [0.717, 1.165) is 0 Å². The van der Waals surface area contributed by atoms with E-state index in [1.807, 2.05) is 0 Å². The van der Waals surface area contributed by atoms with Crippen LogP contribution in [0.15, 0.2) is 0 Å². The summed E-state index contributed by atoms with van der Waals surface area (Å²) >= 11 is 0. The van der Waals surface area contributed by atoms with Gasteiger partial charge in [-0.05, 0) is 95.4 Å². The Morgan fingerprint density at radius 2 is 0.975 bits per heavy atom. The predicted octanol–water partition coefficient (Wildman–Crippen LogP) is -2.85. The van der Waals surface area contributed by atoms with Crippen LogP contribution in [0.3, 0.4) is 0 Å². The van der Waals surface area contributed by atoms with E-state index >= 15 is 0 Å². The van der Waals surface area contributed by atoms with Crippen LogP contribution in [0.2, 0.25) is 0 Å². The molecule has 464 valence electrons. The van der Waals surface area contributed by atoms with Crippen LogP contribution < -0.4 is 16.3 Å². The van der Waals surface area contributed by atoms with Gasteiger partial charge in [-0.2, -0.15) is 11.0 Å². The number of aliphatic carboxylic acids is 3. The summed E-state index contributed by atoms with van der Waals surface area (Å²) in [5.74, 6) is -13.7. The van der Waals surface area contributed by atoms with Gasteiger partial charge in [-0.25, -0.2) is 14.4 Å². The molecule has 17 N–H and O–H groups in total. The van der Waals surface area contributed by atoms with Gasteiger partial charge in [0.05, 0.1) is 88.8 Å². The molecule has 3 fully saturated rings. The average Bonchev–Trinajstić information content (AvgIpc) is 3.40. The topological polar surface area (TPSA) is 444 Å². The van der Waals surface area contributed by atoms with Gasteiger partial charge in [0.1, 0.15) is 48.8 Å². The van der Waals surface area contributed by atoms with Gasteiger partial charge >= 0.3 is 17.9 Å². The van der Waals surface area contributed by atoms with Crippen molar-refractivity contribution in [2.75, 3.05) is 53.3 Å². The standard InChI is InChI=1S/C51H95N3O25/c1-10-75-53-38-32(59)21-49(46(66)67,78-44(38)41(64)34(61)23-55)72-16-12-13-30(19-27(7)36(25(3)4)26(5)6)29(14-17-73-50(47(68)69)20-31(58)37(52-9)43(77-50)40(63)28(8)57)15-18-74-51(48(70)71)22-33(60)39(54-76-11-2)45(79-51)42(65)35(62)24-56/h25-45,52-65H,10-24H2,1-9H3,(H,66,67)(H,68,69)(H,70,71)/i8D. The van der Waals surface area contributed by atoms with Gasteiger partial charge in [0.2, 0.25) is 0 Å². The van der Waals surface area contributed by atoms with Gasteiger partial charge < -0.3 is 115 Å². The van der Waals surface area contributed by atoms with Crippen molar-refractivity contribution in [1.82, 2.24) is 16.3 Å². The lowest BCUT2D eigenvalue weighted by Crippen LogP contribution is -2.67. The van der Waals surface area contributed by atoms with Crippen molar-refractivity contribution in [3.63, 3.8) is 0 Å². The van der Waals surface area contributed by atoms with Gasteiger partial charge in [-0.15, -0.1) is 0 Å². The van der Waals surface area contributed by atoms with E-state index in [4.69, 9.17) is 39.5 Å². The number of aliphatic hydroxyl groups excluding tert-OH is 11. The summed E-state index contributed by atoms with van der Waals surface area (Å²) in [4.78, 5) is 50.0. The highest BCUT2D eigenvalue weighted by atomic mass is 16.7. The highest BCUT2D eigenvalue weighted by Crippen LogP contribution is 2.41. The summed E-state index contributed by atoms with van der Waals surface area (Å²) < 4.78 is 43.6. The van der Waals surface area contributed by atoms with Crippen LogP contribution >= 0.6 is 0 Å². The number of ether oxygens (including phenoxy) is 6. The van der Waals surface area contributed by atoms with Crippen LogP contribution in [0.4, 0.5) is 0 Å². The summed E-state index contributed by atoms with van der Waals surface area (Å²) in [6, 6.07) is -3.76. The minimum atomic E-state index is -2.68. The number of carbonyl (C=O) groups is 3. The van der Waals surface area contributed by atoms with E-state index in [-0.39, 0.29) is 69.2 Å². The van der Waals surface area contributed by atoms with Crippen LogP contribution in [-0.4, -0.2) is 251 Å². The van der Waals surface area contributed by atoms with Crippen LogP contribution in [0.1, 0.15) is 108 Å². The third-order valence-corrected chi connectivity index (χ3v) is 15.6. The van der Waals surface area contributed by atoms with Crippen molar-refractivity contribution in [1.29, 1.82) is 0 Å². The molecule has 0 spiro atoms. The summed E-state index contributed by atoms with van der Waals surface area (Å²) in [6.07, 6.45) is -22.5. The Morgan fingerprint density at radius 3 is 1.32 bits per heavy atom. The third-order valence-electron chi connectivity index (χ3n) is 15.6. The molecule has 79 heavy (non-hydrogen) atoms. The number of hydrogen-bond donors (Lipinski definition) is 17. The smallest absolute Gasteiger partial charge is 0.364 e. The van der Waals surface area contributed by atoms with Crippen molar-refractivity contribution in [2.24, 2.45) is 35.5 Å². The molecule has 0 aromatic heterocycles. The molecule has 21 unspecified atom stereocenters. The Morgan fingerprint density at radius 1 is 0.595 bits per heavy atom. The minimum Gasteiger partial charge on any atom is -0.477 e. The van der Waals surface area contributed by atoms with E-state index in [1.54, 1.807) is 13.8 Å². The first-order valence-corrected chi connectivity index (χ1v) is 27.3. The number of carboxylic acids is 3. The van der Waals surface area contributed by atoms with Gasteiger partial charge in [0.15, 0.2) is 0 Å². The van der Waals surface area contributed by atoms with Crippen LogP contribution in [0.25, 0.3) is 0 Å². The second-order valence-electron chi connectivity index (χ2n) is 21.8. The predicted molar refractivity (Wildman–Crippen MR) is 274 cm³/mol. The number of hydroxylamine groups is 2. The molecule has 0 aromatic carbocycles. The van der Waals surface area contributed by atoms with Crippen LogP contribution in [-0.2, 0) is 52.5 Å². The van der Waals surface area contributed by atoms with Crippen molar-refractivity contribution in [2.45, 2.75) is 215 Å². The van der Waals surface area contributed by atoms with Gasteiger partial charge in [-0.3, -0.25) is 0 Å². The van der Waals surface area contributed by atoms with Crippen molar-refractivity contribution in [3.05, 3.63) is 0 Å². The second-order valence-corrected chi connectivity index (χ2v) is 21.8. The Bertz CT molecular complexity index is 1830. The van der Waals surface area contributed by atoms with Crippen molar-refractivity contribution in [3.8, 4) is 0 Å². The Hall–Kier alpha value is -2.47. The number of aliphatic hydroxyl groups is 11. The maximum Gasteiger partial charge on any atom is 0.364 e. The van der Waals surface area contributed by atoms with E-state index in [2.05, 4.69) is 50.9 Å². The Balaban J connectivity index is 2.14. The van der Waals surface area contributed by atoms with Crippen molar-refractivity contribution < 1.29 is 125 Å². The molecule has 28 heteroatoms. The molecule has 3 rings (SSSR count). The summed E-state index contributed by atoms with van der Waals surface area (Å²) in [5.41, 5.74) is 5.02. The molecule has 0 radical (unpaired) electrons. The minimum absolute atomic E-state index is 0.0501. The molecule has 0 saturated carbocycles. The fourth-order valence-corrected chi connectivity index (χ4v) is 11.7. The summed E-state index contributed by atoms with van der Waals surface area (Å²) in [5, 5.41) is 152. The van der Waals surface area contributed by atoms with Gasteiger partial charge in [-0.1, -0.05) is 34.6 Å².